The van der Waals surface area contributed by atoms with Crippen molar-refractivity contribution in [1.29, 1.82) is 0 Å². The molecular formula is C7H3FN2O2S. The van der Waals surface area contributed by atoms with Gasteiger partial charge in [0.05, 0.1) is 10.3 Å². The molecule has 0 atom stereocenters. The van der Waals surface area contributed by atoms with Crippen molar-refractivity contribution in [3.63, 3.8) is 0 Å². The van der Waals surface area contributed by atoms with Crippen molar-refractivity contribution in [2.45, 2.75) is 0 Å². The molecule has 0 unspecified atom stereocenters. The SMILES string of the molecule is O=C(O)c1cc(F)cc2nnsc12. The first-order chi connectivity index (χ1) is 6.18. The second kappa shape index (κ2) is 2.74. The van der Waals surface area contributed by atoms with Gasteiger partial charge in [-0.1, -0.05) is 4.49 Å². The van der Waals surface area contributed by atoms with E-state index in [0.29, 0.717) is 4.70 Å². The van der Waals surface area contributed by atoms with Crippen LogP contribution in [-0.2, 0) is 0 Å². The standard InChI is InChI=1S/C7H3FN2O2S/c8-3-1-4(7(11)12)6-5(2-3)9-10-13-6/h1-2H,(H,11,12). The molecule has 0 aliphatic rings. The van der Waals surface area contributed by atoms with Gasteiger partial charge < -0.3 is 5.11 Å². The van der Waals surface area contributed by atoms with Crippen molar-refractivity contribution in [3.05, 3.63) is 23.5 Å². The van der Waals surface area contributed by atoms with E-state index in [1.54, 1.807) is 0 Å². The van der Waals surface area contributed by atoms with Crippen LogP contribution in [0.1, 0.15) is 10.4 Å². The van der Waals surface area contributed by atoms with Crippen LogP contribution in [0.25, 0.3) is 10.2 Å². The van der Waals surface area contributed by atoms with Gasteiger partial charge in [0.2, 0.25) is 0 Å². The summed E-state index contributed by atoms with van der Waals surface area (Å²) in [5.74, 6) is -1.78. The zero-order valence-electron chi connectivity index (χ0n) is 6.19. The summed E-state index contributed by atoms with van der Waals surface area (Å²) in [6.45, 7) is 0. The van der Waals surface area contributed by atoms with Gasteiger partial charge >= 0.3 is 5.97 Å². The molecule has 1 aromatic heterocycles. The number of rotatable bonds is 1. The minimum atomic E-state index is -1.17. The predicted octanol–water partition coefficient (Wildman–Crippen LogP) is 1.53. The van der Waals surface area contributed by atoms with Crippen LogP contribution in [0.15, 0.2) is 12.1 Å². The number of nitrogens with zero attached hydrogens (tertiary/aromatic N) is 2. The van der Waals surface area contributed by atoms with Gasteiger partial charge in [-0.25, -0.2) is 9.18 Å². The Hall–Kier alpha value is -1.56. The van der Waals surface area contributed by atoms with Gasteiger partial charge in [-0.15, -0.1) is 5.10 Å². The molecule has 0 spiro atoms. The van der Waals surface area contributed by atoms with E-state index in [1.165, 1.54) is 0 Å². The molecule has 66 valence electrons. The molecule has 0 aliphatic heterocycles. The van der Waals surface area contributed by atoms with Crippen LogP contribution in [-0.4, -0.2) is 20.7 Å². The van der Waals surface area contributed by atoms with Crippen LogP contribution < -0.4 is 0 Å². The third-order valence-corrected chi connectivity index (χ3v) is 2.32. The maximum Gasteiger partial charge on any atom is 0.337 e. The number of halogens is 1. The number of benzene rings is 1. The largest absolute Gasteiger partial charge is 0.478 e. The lowest BCUT2D eigenvalue weighted by Gasteiger charge is -1.94. The lowest BCUT2D eigenvalue weighted by molar-refractivity contribution is 0.0698. The predicted molar refractivity (Wildman–Crippen MR) is 44.3 cm³/mol. The average molecular weight is 198 g/mol. The molecule has 1 N–H and O–H groups in total. The fourth-order valence-corrected chi connectivity index (χ4v) is 1.66. The topological polar surface area (TPSA) is 63.1 Å². The highest BCUT2D eigenvalue weighted by molar-refractivity contribution is 7.13. The molecule has 0 bridgehead atoms. The van der Waals surface area contributed by atoms with Gasteiger partial charge in [0.25, 0.3) is 0 Å². The Morgan fingerprint density at radius 1 is 1.54 bits per heavy atom. The van der Waals surface area contributed by atoms with Crippen LogP contribution in [0, 0.1) is 5.82 Å². The number of carboxylic acid groups (broad SMARTS) is 1. The summed E-state index contributed by atoms with van der Waals surface area (Å²) in [6.07, 6.45) is 0. The fraction of sp³-hybridized carbons (Fsp3) is 0. The third kappa shape index (κ3) is 1.25. The van der Waals surface area contributed by atoms with E-state index in [-0.39, 0.29) is 11.1 Å². The molecule has 1 aromatic carbocycles. The quantitative estimate of drug-likeness (QED) is 0.754. The molecule has 2 aromatic rings. The first-order valence-electron chi connectivity index (χ1n) is 3.33. The Morgan fingerprint density at radius 2 is 2.31 bits per heavy atom. The highest BCUT2D eigenvalue weighted by Crippen LogP contribution is 2.21. The molecule has 0 radical (unpaired) electrons. The highest BCUT2D eigenvalue weighted by Gasteiger charge is 2.13. The third-order valence-electron chi connectivity index (χ3n) is 1.55. The Bertz CT molecular complexity index is 482. The number of aromatic carboxylic acids is 1. The highest BCUT2D eigenvalue weighted by atomic mass is 32.1. The average Bonchev–Trinajstić information content (AvgIpc) is 2.49. The van der Waals surface area contributed by atoms with Crippen molar-refractivity contribution >= 4 is 27.7 Å². The lowest BCUT2D eigenvalue weighted by atomic mass is 10.2. The molecule has 13 heavy (non-hydrogen) atoms. The Kier molecular flexibility index (Phi) is 1.70. The van der Waals surface area contributed by atoms with E-state index in [4.69, 9.17) is 5.11 Å². The number of carbonyl (C=O) groups is 1. The summed E-state index contributed by atoms with van der Waals surface area (Å²) in [5, 5.41) is 12.3. The normalized spacial score (nSPS) is 10.5. The Balaban J connectivity index is 2.84. The van der Waals surface area contributed by atoms with E-state index < -0.39 is 11.8 Å². The zero-order valence-corrected chi connectivity index (χ0v) is 7.01. The Labute approximate surface area is 75.8 Å². The van der Waals surface area contributed by atoms with E-state index in [9.17, 15) is 9.18 Å². The van der Waals surface area contributed by atoms with Gasteiger partial charge in [-0.2, -0.15) is 0 Å². The molecule has 1 heterocycles. The number of fused-ring (bicyclic) bond motifs is 1. The van der Waals surface area contributed by atoms with Gasteiger partial charge in [-0.05, 0) is 17.6 Å². The fourth-order valence-electron chi connectivity index (χ4n) is 1.01. The Morgan fingerprint density at radius 3 is 3.00 bits per heavy atom. The minimum Gasteiger partial charge on any atom is -0.478 e. The van der Waals surface area contributed by atoms with E-state index >= 15 is 0 Å². The molecule has 0 amide bonds. The molecular weight excluding hydrogens is 195 g/mol. The van der Waals surface area contributed by atoms with Gasteiger partial charge in [-0.3, -0.25) is 0 Å². The van der Waals surface area contributed by atoms with Crippen LogP contribution in [0.3, 0.4) is 0 Å². The number of aromatic nitrogens is 2. The number of hydrogen-bond donors (Lipinski definition) is 1. The van der Waals surface area contributed by atoms with Crippen LogP contribution >= 0.6 is 11.5 Å². The monoisotopic (exact) mass is 198 g/mol. The van der Waals surface area contributed by atoms with Crippen LogP contribution in [0.2, 0.25) is 0 Å². The van der Waals surface area contributed by atoms with Crippen molar-refractivity contribution in [1.82, 2.24) is 9.59 Å². The smallest absolute Gasteiger partial charge is 0.337 e. The van der Waals surface area contributed by atoms with E-state index in [0.717, 1.165) is 23.7 Å². The number of hydrogen-bond acceptors (Lipinski definition) is 4. The summed E-state index contributed by atoms with van der Waals surface area (Å²) in [6, 6.07) is 2.12. The van der Waals surface area contributed by atoms with Gasteiger partial charge in [0.1, 0.15) is 11.3 Å². The van der Waals surface area contributed by atoms with E-state index in [1.807, 2.05) is 0 Å². The van der Waals surface area contributed by atoms with Gasteiger partial charge in [0, 0.05) is 6.07 Å². The summed E-state index contributed by atoms with van der Waals surface area (Å²) >= 11 is 0.942. The maximum atomic E-state index is 12.8. The molecule has 0 fully saturated rings. The first kappa shape index (κ1) is 8.06. The summed E-state index contributed by atoms with van der Waals surface area (Å²) in [5.41, 5.74) is 0.187. The van der Waals surface area contributed by atoms with Gasteiger partial charge in [0.15, 0.2) is 0 Å². The van der Waals surface area contributed by atoms with Crippen LogP contribution in [0.5, 0.6) is 0 Å². The first-order valence-corrected chi connectivity index (χ1v) is 4.11. The molecule has 0 saturated carbocycles. The zero-order chi connectivity index (χ0) is 9.42. The molecule has 0 saturated heterocycles. The van der Waals surface area contributed by atoms with E-state index in [2.05, 4.69) is 9.59 Å². The molecule has 2 rings (SSSR count). The molecule has 0 aliphatic carbocycles. The van der Waals surface area contributed by atoms with Crippen molar-refractivity contribution in [2.24, 2.45) is 0 Å². The second-order valence-corrected chi connectivity index (χ2v) is 3.13. The van der Waals surface area contributed by atoms with Crippen LogP contribution in [0.4, 0.5) is 4.39 Å². The lowest BCUT2D eigenvalue weighted by Crippen LogP contribution is -1.97. The maximum absolute atomic E-state index is 12.8. The molecule has 6 heteroatoms. The van der Waals surface area contributed by atoms with Crippen molar-refractivity contribution in [2.75, 3.05) is 0 Å². The number of carboxylic acids is 1. The minimum absolute atomic E-state index is 0.0926. The summed E-state index contributed by atoms with van der Waals surface area (Å²) < 4.78 is 16.8. The molecule has 4 nitrogen and oxygen atoms in total. The summed E-state index contributed by atoms with van der Waals surface area (Å²) in [4.78, 5) is 10.6. The second-order valence-electron chi connectivity index (χ2n) is 2.38. The van der Waals surface area contributed by atoms with Crippen molar-refractivity contribution < 1.29 is 14.3 Å². The van der Waals surface area contributed by atoms with Crippen molar-refractivity contribution in [3.8, 4) is 0 Å². The summed E-state index contributed by atoms with van der Waals surface area (Å²) in [7, 11) is 0.